The number of ether oxygens (including phenoxy) is 2. The van der Waals surface area contributed by atoms with Gasteiger partial charge in [-0.2, -0.15) is 5.10 Å². The van der Waals surface area contributed by atoms with Crippen LogP contribution < -0.4 is 9.64 Å². The van der Waals surface area contributed by atoms with Crippen LogP contribution in [0.5, 0.6) is 5.75 Å². The summed E-state index contributed by atoms with van der Waals surface area (Å²) in [5.74, 6) is 0.726. The summed E-state index contributed by atoms with van der Waals surface area (Å²) >= 11 is 0. The molecule has 3 heterocycles. The van der Waals surface area contributed by atoms with E-state index in [2.05, 4.69) is 15.1 Å². The molecule has 0 saturated carbocycles. The van der Waals surface area contributed by atoms with Crippen molar-refractivity contribution in [2.45, 2.75) is 39.3 Å². The van der Waals surface area contributed by atoms with Crippen LogP contribution >= 0.6 is 0 Å². The summed E-state index contributed by atoms with van der Waals surface area (Å²) in [7, 11) is 1.67. The molecule has 2 aliphatic rings. The molecule has 2 aromatic rings. The fourth-order valence-electron chi connectivity index (χ4n) is 4.15. The molecule has 0 aliphatic carbocycles. The Labute approximate surface area is 188 Å². The van der Waals surface area contributed by atoms with Crippen molar-refractivity contribution >= 4 is 17.7 Å². The van der Waals surface area contributed by atoms with E-state index in [1.54, 1.807) is 12.0 Å². The Bertz CT molecular complexity index is 989. The molecule has 1 fully saturated rings. The number of rotatable bonds is 3. The second-order valence-corrected chi connectivity index (χ2v) is 9.13. The van der Waals surface area contributed by atoms with Gasteiger partial charge in [0.2, 0.25) is 0 Å². The molecule has 1 aromatic heterocycles. The molecule has 0 atom stereocenters. The number of nitrogens with zero attached hydrogens (tertiary/aromatic N) is 4. The van der Waals surface area contributed by atoms with Crippen molar-refractivity contribution in [2.24, 2.45) is 0 Å². The number of hydrogen-bond acceptors (Lipinski definition) is 6. The number of piperazine rings is 1. The zero-order chi connectivity index (χ0) is 22.9. The van der Waals surface area contributed by atoms with E-state index in [4.69, 9.17) is 9.47 Å². The lowest BCUT2D eigenvalue weighted by Crippen LogP contribution is -2.49. The third-order valence-electron chi connectivity index (χ3n) is 5.78. The highest BCUT2D eigenvalue weighted by Gasteiger charge is 2.33. The number of nitrogens with one attached hydrogen (secondary N) is 1. The number of para-hydroxylation sites is 2. The van der Waals surface area contributed by atoms with E-state index < -0.39 is 5.60 Å². The van der Waals surface area contributed by atoms with Gasteiger partial charge < -0.3 is 24.2 Å². The fourth-order valence-corrected chi connectivity index (χ4v) is 4.15. The second kappa shape index (κ2) is 8.72. The van der Waals surface area contributed by atoms with Crippen LogP contribution in [0.15, 0.2) is 24.3 Å². The maximum atomic E-state index is 13.3. The predicted molar refractivity (Wildman–Crippen MR) is 120 cm³/mol. The number of aromatic nitrogens is 2. The topological polar surface area (TPSA) is 91.0 Å². The van der Waals surface area contributed by atoms with E-state index >= 15 is 0 Å². The van der Waals surface area contributed by atoms with E-state index in [-0.39, 0.29) is 12.0 Å². The van der Waals surface area contributed by atoms with Crippen LogP contribution in [0, 0.1) is 0 Å². The molecule has 1 N–H and O–H groups in total. The van der Waals surface area contributed by atoms with Crippen molar-refractivity contribution in [3.8, 4) is 5.75 Å². The van der Waals surface area contributed by atoms with E-state index in [1.807, 2.05) is 49.9 Å². The lowest BCUT2D eigenvalue weighted by Gasteiger charge is -2.36. The number of methoxy groups -OCH3 is 1. The number of hydrogen-bond donors (Lipinski definition) is 1. The monoisotopic (exact) mass is 441 g/mol. The zero-order valence-electron chi connectivity index (χ0n) is 19.2. The van der Waals surface area contributed by atoms with Gasteiger partial charge in [-0.15, -0.1) is 0 Å². The first-order valence-electron chi connectivity index (χ1n) is 11.0. The Hall–Kier alpha value is -3.23. The Balaban J connectivity index is 1.43. The van der Waals surface area contributed by atoms with Crippen LogP contribution in [-0.2, 0) is 17.7 Å². The third-order valence-corrected chi connectivity index (χ3v) is 5.78. The third kappa shape index (κ3) is 4.51. The molecule has 9 heteroatoms. The largest absolute Gasteiger partial charge is 0.495 e. The first-order chi connectivity index (χ1) is 15.3. The van der Waals surface area contributed by atoms with Gasteiger partial charge in [-0.1, -0.05) is 12.1 Å². The standard InChI is InChI=1S/C23H31N5O4/c1-23(2,3)32-22(30)28-10-9-17-16(15-28)20(25-24-17)21(29)27-13-11-26(12-14-27)18-7-5-6-8-19(18)31-4/h5-8H,9-15H2,1-4H3,(H,24,25). The van der Waals surface area contributed by atoms with Gasteiger partial charge in [0.25, 0.3) is 5.91 Å². The number of fused-ring (bicyclic) bond motifs is 1. The Morgan fingerprint density at radius 3 is 2.44 bits per heavy atom. The van der Waals surface area contributed by atoms with Gasteiger partial charge >= 0.3 is 6.09 Å². The van der Waals surface area contributed by atoms with Gasteiger partial charge in [-0.05, 0) is 32.9 Å². The highest BCUT2D eigenvalue weighted by molar-refractivity contribution is 5.94. The van der Waals surface area contributed by atoms with Gasteiger partial charge in [0, 0.05) is 50.4 Å². The van der Waals surface area contributed by atoms with Crippen molar-refractivity contribution < 1.29 is 19.1 Å². The van der Waals surface area contributed by atoms with Crippen molar-refractivity contribution in [3.05, 3.63) is 41.2 Å². The summed E-state index contributed by atoms with van der Waals surface area (Å²) in [6, 6.07) is 7.91. The molecule has 0 spiro atoms. The molecule has 9 nitrogen and oxygen atoms in total. The molecule has 1 aromatic carbocycles. The second-order valence-electron chi connectivity index (χ2n) is 9.13. The molecule has 0 bridgehead atoms. The molecule has 4 rings (SSSR count). The molecule has 0 radical (unpaired) electrons. The maximum Gasteiger partial charge on any atom is 0.410 e. The highest BCUT2D eigenvalue weighted by Crippen LogP contribution is 2.29. The Morgan fingerprint density at radius 1 is 1.03 bits per heavy atom. The molecule has 2 aliphatic heterocycles. The molecule has 0 unspecified atom stereocenters. The van der Waals surface area contributed by atoms with Crippen LogP contribution in [0.1, 0.15) is 42.5 Å². The molecular formula is C23H31N5O4. The maximum absolute atomic E-state index is 13.3. The number of carbonyl (C=O) groups excluding carboxylic acids is 2. The van der Waals surface area contributed by atoms with Crippen molar-refractivity contribution in [3.63, 3.8) is 0 Å². The zero-order valence-corrected chi connectivity index (χ0v) is 19.2. The summed E-state index contributed by atoms with van der Waals surface area (Å²) in [5.41, 5.74) is 2.58. The molecular weight excluding hydrogens is 410 g/mol. The number of anilines is 1. The van der Waals surface area contributed by atoms with Crippen molar-refractivity contribution in [1.29, 1.82) is 0 Å². The van der Waals surface area contributed by atoms with E-state index in [1.165, 1.54) is 0 Å². The minimum Gasteiger partial charge on any atom is -0.495 e. The van der Waals surface area contributed by atoms with Gasteiger partial charge in [0.15, 0.2) is 5.69 Å². The Kier molecular flexibility index (Phi) is 5.99. The van der Waals surface area contributed by atoms with Gasteiger partial charge in [0.1, 0.15) is 11.4 Å². The normalized spacial score (nSPS) is 16.6. The quantitative estimate of drug-likeness (QED) is 0.788. The molecule has 172 valence electrons. The first kappa shape index (κ1) is 22.0. The summed E-state index contributed by atoms with van der Waals surface area (Å²) < 4.78 is 11.0. The van der Waals surface area contributed by atoms with E-state index in [0.29, 0.717) is 51.4 Å². The summed E-state index contributed by atoms with van der Waals surface area (Å²) in [6.07, 6.45) is 0.254. The predicted octanol–water partition coefficient (Wildman–Crippen LogP) is 2.67. The van der Waals surface area contributed by atoms with Crippen molar-refractivity contribution in [1.82, 2.24) is 20.0 Å². The molecule has 2 amide bonds. The van der Waals surface area contributed by atoms with Crippen LogP contribution in [0.3, 0.4) is 0 Å². The minimum absolute atomic E-state index is 0.104. The number of benzene rings is 1. The SMILES string of the molecule is COc1ccccc1N1CCN(C(=O)c2n[nH]c3c2CN(C(=O)OC(C)(C)C)CC3)CC1. The molecule has 1 saturated heterocycles. The van der Waals surface area contributed by atoms with Crippen LogP contribution in [0.25, 0.3) is 0 Å². The van der Waals surface area contributed by atoms with Crippen molar-refractivity contribution in [2.75, 3.05) is 44.7 Å². The number of amides is 2. The summed E-state index contributed by atoms with van der Waals surface area (Å²) in [4.78, 5) is 31.5. The molecule has 32 heavy (non-hydrogen) atoms. The summed E-state index contributed by atoms with van der Waals surface area (Å²) in [6.45, 7) is 9.00. The van der Waals surface area contributed by atoms with Gasteiger partial charge in [-0.3, -0.25) is 9.89 Å². The van der Waals surface area contributed by atoms with Crippen LogP contribution in [0.2, 0.25) is 0 Å². The number of H-pyrrole nitrogens is 1. The van der Waals surface area contributed by atoms with Gasteiger partial charge in [0.05, 0.1) is 19.3 Å². The minimum atomic E-state index is -0.562. The average Bonchev–Trinajstić information content (AvgIpc) is 3.21. The van der Waals surface area contributed by atoms with Crippen LogP contribution in [-0.4, -0.2) is 77.4 Å². The lowest BCUT2D eigenvalue weighted by atomic mass is 10.0. The average molecular weight is 442 g/mol. The van der Waals surface area contributed by atoms with Gasteiger partial charge in [-0.25, -0.2) is 4.79 Å². The van der Waals surface area contributed by atoms with Crippen LogP contribution in [0.4, 0.5) is 10.5 Å². The highest BCUT2D eigenvalue weighted by atomic mass is 16.6. The summed E-state index contributed by atoms with van der Waals surface area (Å²) in [5, 5.41) is 7.32. The Morgan fingerprint density at radius 2 is 1.75 bits per heavy atom. The smallest absolute Gasteiger partial charge is 0.410 e. The first-order valence-corrected chi connectivity index (χ1v) is 11.0. The number of carbonyl (C=O) groups is 2. The van der Waals surface area contributed by atoms with E-state index in [9.17, 15) is 9.59 Å². The lowest BCUT2D eigenvalue weighted by molar-refractivity contribution is 0.0222. The fraction of sp³-hybridized carbons (Fsp3) is 0.522. The van der Waals surface area contributed by atoms with E-state index in [0.717, 1.165) is 22.7 Å². The number of aromatic amines is 1.